The smallest absolute Gasteiger partial charge is 0.272 e. The molecule has 7 heteroatoms. The molecule has 1 amide bonds. The lowest BCUT2D eigenvalue weighted by Gasteiger charge is -2.07. The van der Waals surface area contributed by atoms with Crippen LogP contribution in [0.2, 0.25) is 0 Å². The number of amides is 1. The lowest BCUT2D eigenvalue weighted by molar-refractivity contribution is 0.0945. The molecule has 0 unspecified atom stereocenters. The first-order chi connectivity index (χ1) is 14.3. The predicted molar refractivity (Wildman–Crippen MR) is 109 cm³/mol. The van der Waals surface area contributed by atoms with Gasteiger partial charge in [-0.1, -0.05) is 36.4 Å². The molecule has 1 aromatic heterocycles. The van der Waals surface area contributed by atoms with E-state index in [4.69, 9.17) is 9.47 Å². The minimum absolute atomic E-state index is 0.230. The van der Waals surface area contributed by atoms with Crippen molar-refractivity contribution in [2.75, 3.05) is 18.7 Å². The fraction of sp³-hybridized carbons (Fsp3) is 0.227. The van der Waals surface area contributed by atoms with E-state index < -0.39 is 0 Å². The Hall–Kier alpha value is -3.61. The van der Waals surface area contributed by atoms with E-state index in [1.54, 1.807) is 12.1 Å². The van der Waals surface area contributed by atoms with E-state index in [0.717, 1.165) is 30.7 Å². The van der Waals surface area contributed by atoms with Crippen molar-refractivity contribution >= 4 is 11.7 Å². The van der Waals surface area contributed by atoms with Gasteiger partial charge < -0.3 is 20.1 Å². The van der Waals surface area contributed by atoms with Gasteiger partial charge in [0.05, 0.1) is 0 Å². The molecule has 0 saturated carbocycles. The summed E-state index contributed by atoms with van der Waals surface area (Å²) in [6.45, 7) is 1.39. The molecule has 0 spiro atoms. The number of nitrogens with zero attached hydrogens (tertiary/aromatic N) is 2. The van der Waals surface area contributed by atoms with Gasteiger partial charge in [0.25, 0.3) is 5.91 Å². The van der Waals surface area contributed by atoms with E-state index in [9.17, 15) is 4.79 Å². The van der Waals surface area contributed by atoms with Crippen LogP contribution < -0.4 is 20.1 Å². The van der Waals surface area contributed by atoms with E-state index in [-0.39, 0.29) is 18.4 Å². The number of carbonyl (C=O) groups excluding carboxylic acids is 1. The predicted octanol–water partition coefficient (Wildman–Crippen LogP) is 3.18. The third-order valence-corrected chi connectivity index (χ3v) is 4.58. The molecule has 0 fully saturated rings. The molecular weight excluding hydrogens is 368 g/mol. The van der Waals surface area contributed by atoms with Gasteiger partial charge in [0.15, 0.2) is 17.2 Å². The Balaban J connectivity index is 1.22. The molecule has 2 aromatic carbocycles. The van der Waals surface area contributed by atoms with Gasteiger partial charge in [-0.3, -0.25) is 4.79 Å². The molecule has 0 saturated heterocycles. The van der Waals surface area contributed by atoms with E-state index in [2.05, 4.69) is 33.0 Å². The van der Waals surface area contributed by atoms with E-state index in [1.165, 1.54) is 5.56 Å². The van der Waals surface area contributed by atoms with Crippen molar-refractivity contribution in [3.63, 3.8) is 0 Å². The Labute approximate surface area is 169 Å². The number of benzene rings is 2. The number of nitrogens with one attached hydrogen (secondary N) is 2. The molecule has 1 aliphatic rings. The molecule has 1 aliphatic heterocycles. The second kappa shape index (κ2) is 9.05. The maximum atomic E-state index is 12.3. The van der Waals surface area contributed by atoms with Crippen molar-refractivity contribution in [1.29, 1.82) is 0 Å². The summed E-state index contributed by atoms with van der Waals surface area (Å²) in [6, 6.07) is 19.4. The van der Waals surface area contributed by atoms with Crippen molar-refractivity contribution in [3.8, 4) is 11.5 Å². The molecule has 0 bridgehead atoms. The van der Waals surface area contributed by atoms with Crippen LogP contribution in [0.15, 0.2) is 60.7 Å². The normalized spacial score (nSPS) is 11.9. The highest BCUT2D eigenvalue weighted by Gasteiger charge is 2.14. The van der Waals surface area contributed by atoms with Crippen molar-refractivity contribution in [2.45, 2.75) is 19.4 Å². The van der Waals surface area contributed by atoms with Crippen molar-refractivity contribution in [2.24, 2.45) is 0 Å². The molecule has 0 atom stereocenters. The summed E-state index contributed by atoms with van der Waals surface area (Å²) in [7, 11) is 0. The summed E-state index contributed by atoms with van der Waals surface area (Å²) in [5.74, 6) is 1.80. The van der Waals surface area contributed by atoms with E-state index in [1.807, 2.05) is 36.4 Å². The summed E-state index contributed by atoms with van der Waals surface area (Å²) < 4.78 is 10.6. The molecule has 148 valence electrons. The summed E-state index contributed by atoms with van der Waals surface area (Å²) in [4.78, 5) is 12.3. The molecule has 0 aliphatic carbocycles. The van der Waals surface area contributed by atoms with Gasteiger partial charge in [0.1, 0.15) is 5.82 Å². The van der Waals surface area contributed by atoms with Gasteiger partial charge in [-0.2, -0.15) is 0 Å². The van der Waals surface area contributed by atoms with Crippen LogP contribution >= 0.6 is 0 Å². The number of hydrogen-bond donors (Lipinski definition) is 2. The van der Waals surface area contributed by atoms with Crippen LogP contribution in [-0.4, -0.2) is 29.4 Å². The molecule has 2 heterocycles. The van der Waals surface area contributed by atoms with E-state index >= 15 is 0 Å². The lowest BCUT2D eigenvalue weighted by Crippen LogP contribution is -2.24. The highest BCUT2D eigenvalue weighted by molar-refractivity contribution is 5.92. The summed E-state index contributed by atoms with van der Waals surface area (Å²) in [6.07, 6.45) is 1.99. The monoisotopic (exact) mass is 390 g/mol. The molecule has 29 heavy (non-hydrogen) atoms. The van der Waals surface area contributed by atoms with Crippen LogP contribution in [0, 0.1) is 0 Å². The van der Waals surface area contributed by atoms with Crippen molar-refractivity contribution in [3.05, 3.63) is 77.5 Å². The molecule has 7 nitrogen and oxygen atoms in total. The summed E-state index contributed by atoms with van der Waals surface area (Å²) >= 11 is 0. The Bertz CT molecular complexity index is 962. The molecule has 3 aromatic rings. The van der Waals surface area contributed by atoms with Crippen molar-refractivity contribution < 1.29 is 14.3 Å². The Morgan fingerprint density at radius 2 is 1.79 bits per heavy atom. The summed E-state index contributed by atoms with van der Waals surface area (Å²) in [5.41, 5.74) is 2.52. The number of aryl methyl sites for hydroxylation is 1. The Morgan fingerprint density at radius 1 is 0.931 bits per heavy atom. The van der Waals surface area contributed by atoms with Crippen LogP contribution in [0.5, 0.6) is 11.5 Å². The fourth-order valence-electron chi connectivity index (χ4n) is 3.03. The summed E-state index contributed by atoms with van der Waals surface area (Å²) in [5, 5.41) is 14.2. The number of ether oxygens (including phenoxy) is 2. The topological polar surface area (TPSA) is 85.4 Å². The zero-order valence-electron chi connectivity index (χ0n) is 15.9. The largest absolute Gasteiger partial charge is 0.454 e. The highest BCUT2D eigenvalue weighted by Crippen LogP contribution is 2.32. The zero-order chi connectivity index (χ0) is 19.9. The maximum absolute atomic E-state index is 12.3. The van der Waals surface area contributed by atoms with Gasteiger partial charge in [0, 0.05) is 13.1 Å². The third-order valence-electron chi connectivity index (χ3n) is 4.58. The second-order valence-corrected chi connectivity index (χ2v) is 6.69. The molecule has 4 rings (SSSR count). The van der Waals surface area contributed by atoms with Gasteiger partial charge in [-0.15, -0.1) is 10.2 Å². The third kappa shape index (κ3) is 5.01. The number of hydrogen-bond acceptors (Lipinski definition) is 6. The van der Waals surface area contributed by atoms with Gasteiger partial charge >= 0.3 is 0 Å². The van der Waals surface area contributed by atoms with Gasteiger partial charge in [-0.05, 0) is 48.2 Å². The quantitative estimate of drug-likeness (QED) is 0.575. The van der Waals surface area contributed by atoms with E-state index in [0.29, 0.717) is 18.1 Å². The van der Waals surface area contributed by atoms with Gasteiger partial charge in [-0.25, -0.2) is 0 Å². The first kappa shape index (κ1) is 18.7. The van der Waals surface area contributed by atoms with Crippen LogP contribution in [-0.2, 0) is 13.0 Å². The molecular formula is C22H22N4O3. The maximum Gasteiger partial charge on any atom is 0.272 e. The highest BCUT2D eigenvalue weighted by atomic mass is 16.7. The Morgan fingerprint density at radius 3 is 2.62 bits per heavy atom. The number of fused-ring (bicyclic) bond motifs is 1. The molecule has 0 radical (unpaired) electrons. The average Bonchev–Trinajstić information content (AvgIpc) is 3.24. The van der Waals surface area contributed by atoms with Crippen LogP contribution in [0.1, 0.15) is 28.0 Å². The zero-order valence-corrected chi connectivity index (χ0v) is 15.9. The Kier molecular flexibility index (Phi) is 5.85. The fourth-order valence-corrected chi connectivity index (χ4v) is 3.03. The minimum atomic E-state index is -0.272. The SMILES string of the molecule is O=C(NCc1ccc2c(c1)OCO2)c1ccc(NCCCc2ccccc2)nn1. The lowest BCUT2D eigenvalue weighted by atomic mass is 10.1. The number of anilines is 1. The van der Waals surface area contributed by atoms with Crippen LogP contribution in [0.4, 0.5) is 5.82 Å². The van der Waals surface area contributed by atoms with Crippen LogP contribution in [0.3, 0.4) is 0 Å². The number of rotatable bonds is 8. The first-order valence-corrected chi connectivity index (χ1v) is 9.56. The molecule has 2 N–H and O–H groups in total. The second-order valence-electron chi connectivity index (χ2n) is 6.69. The number of carbonyl (C=O) groups is 1. The standard InChI is InChI=1S/C22H22N4O3/c27-22(24-14-17-8-10-19-20(13-17)29-15-28-19)18-9-11-21(26-25-18)23-12-4-7-16-5-2-1-3-6-16/h1-3,5-6,8-11,13H,4,7,12,14-15H2,(H,23,26)(H,24,27). The van der Waals surface area contributed by atoms with Crippen molar-refractivity contribution in [1.82, 2.24) is 15.5 Å². The van der Waals surface area contributed by atoms with Gasteiger partial charge in [0.2, 0.25) is 6.79 Å². The minimum Gasteiger partial charge on any atom is -0.454 e. The van der Waals surface area contributed by atoms with Crippen LogP contribution in [0.25, 0.3) is 0 Å². The average molecular weight is 390 g/mol. The first-order valence-electron chi connectivity index (χ1n) is 9.56. The number of aromatic nitrogens is 2.